The summed E-state index contributed by atoms with van der Waals surface area (Å²) in [6, 6.07) is 3.18. The number of carbonyl (C=O) groups is 5. The molecule has 0 saturated heterocycles. The third kappa shape index (κ3) is 2.59. The number of nitrogens with two attached hydrogens (primary N) is 1. The van der Waals surface area contributed by atoms with Crippen molar-refractivity contribution >= 4 is 29.0 Å². The van der Waals surface area contributed by atoms with E-state index in [-0.39, 0.29) is 24.2 Å². The maximum Gasteiger partial charge on any atom is 0.235 e. The van der Waals surface area contributed by atoms with Crippen LogP contribution < -0.4 is 5.73 Å². The molecule has 8 heteroatoms. The lowest BCUT2D eigenvalue weighted by Gasteiger charge is -2.48. The molecule has 2 fully saturated rings. The SMILES string of the molecule is CCCc1ccc(O)c2c1C[C@H]1C[C@H]3CC(=O)C(C(N)=O)C(=O)[C@@]3(O)C(=O)C1C2=O. The second-order valence-electron chi connectivity index (χ2n) is 8.59. The first-order chi connectivity index (χ1) is 14.1. The molecule has 3 aliphatic carbocycles. The maximum absolute atomic E-state index is 13.3. The number of rotatable bonds is 3. The summed E-state index contributed by atoms with van der Waals surface area (Å²) in [5, 5.41) is 21.4. The van der Waals surface area contributed by atoms with Crippen molar-refractivity contribution in [1.29, 1.82) is 0 Å². The molecule has 1 amide bonds. The Kier molecular flexibility index (Phi) is 4.65. The Hall–Kier alpha value is -2.87. The molecule has 4 rings (SSSR count). The molecule has 8 nitrogen and oxygen atoms in total. The molecule has 0 aliphatic heterocycles. The molecular formula is C22H23NO7. The molecule has 0 aromatic heterocycles. The van der Waals surface area contributed by atoms with E-state index < -0.39 is 58.3 Å². The van der Waals surface area contributed by atoms with Gasteiger partial charge in [-0.15, -0.1) is 0 Å². The Morgan fingerprint density at radius 2 is 1.87 bits per heavy atom. The number of phenolic OH excluding ortho intramolecular Hbond substituents is 1. The third-order valence-electron chi connectivity index (χ3n) is 6.90. The summed E-state index contributed by atoms with van der Waals surface area (Å²) < 4.78 is 0. The first-order valence-electron chi connectivity index (χ1n) is 10.1. The van der Waals surface area contributed by atoms with Gasteiger partial charge in [0.15, 0.2) is 34.7 Å². The second-order valence-corrected chi connectivity index (χ2v) is 8.59. The van der Waals surface area contributed by atoms with Gasteiger partial charge in [-0.1, -0.05) is 19.4 Å². The molecule has 0 bridgehead atoms. The van der Waals surface area contributed by atoms with Gasteiger partial charge < -0.3 is 15.9 Å². The summed E-state index contributed by atoms with van der Waals surface area (Å²) in [7, 11) is 0. The molecule has 0 radical (unpaired) electrons. The van der Waals surface area contributed by atoms with Gasteiger partial charge in [-0.2, -0.15) is 0 Å². The number of phenols is 1. The van der Waals surface area contributed by atoms with Gasteiger partial charge >= 0.3 is 0 Å². The fourth-order valence-corrected chi connectivity index (χ4v) is 5.54. The molecule has 3 aliphatic rings. The van der Waals surface area contributed by atoms with Gasteiger partial charge in [-0.3, -0.25) is 24.0 Å². The number of Topliss-reactive ketones (excluding diaryl/α,β-unsaturated/α-hetero) is 4. The summed E-state index contributed by atoms with van der Waals surface area (Å²) >= 11 is 0. The van der Waals surface area contributed by atoms with Crippen molar-refractivity contribution < 1.29 is 34.2 Å². The van der Waals surface area contributed by atoms with Crippen LogP contribution in [0.5, 0.6) is 5.75 Å². The van der Waals surface area contributed by atoms with Crippen LogP contribution in [0.2, 0.25) is 0 Å². The maximum atomic E-state index is 13.3. The van der Waals surface area contributed by atoms with Gasteiger partial charge in [-0.05, 0) is 42.4 Å². The van der Waals surface area contributed by atoms with Crippen LogP contribution in [0.4, 0.5) is 0 Å². The fourth-order valence-electron chi connectivity index (χ4n) is 5.54. The van der Waals surface area contributed by atoms with E-state index in [1.807, 2.05) is 6.92 Å². The van der Waals surface area contributed by atoms with Crippen LogP contribution in [0.1, 0.15) is 47.7 Å². The van der Waals surface area contributed by atoms with Gasteiger partial charge in [0.1, 0.15) is 5.75 Å². The van der Waals surface area contributed by atoms with Crippen LogP contribution in [-0.4, -0.2) is 44.9 Å². The zero-order chi connectivity index (χ0) is 22.0. The predicted molar refractivity (Wildman–Crippen MR) is 102 cm³/mol. The summed E-state index contributed by atoms with van der Waals surface area (Å²) in [4.78, 5) is 63.3. The van der Waals surface area contributed by atoms with Crippen LogP contribution in [0.3, 0.4) is 0 Å². The molecule has 2 unspecified atom stereocenters. The molecule has 0 spiro atoms. The molecule has 0 heterocycles. The molecule has 1 aromatic rings. The first-order valence-corrected chi connectivity index (χ1v) is 10.1. The first kappa shape index (κ1) is 20.4. The summed E-state index contributed by atoms with van der Waals surface area (Å²) in [5.41, 5.74) is 4.22. The quantitative estimate of drug-likeness (QED) is 0.602. The smallest absolute Gasteiger partial charge is 0.235 e. The summed E-state index contributed by atoms with van der Waals surface area (Å²) in [6.45, 7) is 1.99. The highest BCUT2D eigenvalue weighted by atomic mass is 16.3. The minimum absolute atomic E-state index is 0.0587. The lowest BCUT2D eigenvalue weighted by Crippen LogP contribution is -2.68. The number of fused-ring (bicyclic) bond motifs is 3. The number of hydrogen-bond acceptors (Lipinski definition) is 7. The molecule has 30 heavy (non-hydrogen) atoms. The van der Waals surface area contributed by atoms with Crippen molar-refractivity contribution in [2.75, 3.05) is 0 Å². The van der Waals surface area contributed by atoms with Gasteiger partial charge in [0.25, 0.3) is 0 Å². The number of aromatic hydroxyl groups is 1. The highest BCUT2D eigenvalue weighted by Crippen LogP contribution is 2.50. The van der Waals surface area contributed by atoms with E-state index in [1.54, 1.807) is 6.07 Å². The van der Waals surface area contributed by atoms with E-state index in [9.17, 15) is 34.2 Å². The number of carbonyl (C=O) groups excluding carboxylic acids is 5. The Balaban J connectivity index is 1.81. The minimum Gasteiger partial charge on any atom is -0.507 e. The zero-order valence-electron chi connectivity index (χ0n) is 16.5. The van der Waals surface area contributed by atoms with Crippen LogP contribution in [-0.2, 0) is 32.0 Å². The van der Waals surface area contributed by atoms with Gasteiger partial charge in [0.05, 0.1) is 11.5 Å². The van der Waals surface area contributed by atoms with Crippen LogP contribution in [0.15, 0.2) is 12.1 Å². The topological polar surface area (TPSA) is 152 Å². The number of primary amides is 1. The van der Waals surface area contributed by atoms with Crippen molar-refractivity contribution in [2.45, 2.75) is 44.6 Å². The number of ketones is 4. The summed E-state index contributed by atoms with van der Waals surface area (Å²) in [6.07, 6.45) is 1.65. The monoisotopic (exact) mass is 413 g/mol. The van der Waals surface area contributed by atoms with Crippen molar-refractivity contribution in [3.8, 4) is 5.75 Å². The highest BCUT2D eigenvalue weighted by Gasteiger charge is 2.66. The summed E-state index contributed by atoms with van der Waals surface area (Å²) in [5.74, 6) is -9.72. The Morgan fingerprint density at radius 3 is 2.50 bits per heavy atom. The van der Waals surface area contributed by atoms with Gasteiger partial charge in [0.2, 0.25) is 5.91 Å². The van der Waals surface area contributed by atoms with Crippen LogP contribution in [0.25, 0.3) is 0 Å². The lowest BCUT2D eigenvalue weighted by molar-refractivity contribution is -0.175. The Morgan fingerprint density at radius 1 is 1.17 bits per heavy atom. The number of benzene rings is 1. The molecule has 158 valence electrons. The van der Waals surface area contributed by atoms with Crippen molar-refractivity contribution in [3.63, 3.8) is 0 Å². The van der Waals surface area contributed by atoms with Crippen LogP contribution in [0, 0.1) is 23.7 Å². The molecule has 1 aromatic carbocycles. The average molecular weight is 413 g/mol. The minimum atomic E-state index is -2.60. The van der Waals surface area contributed by atoms with E-state index >= 15 is 0 Å². The number of hydrogen-bond donors (Lipinski definition) is 3. The number of aliphatic hydroxyl groups is 1. The lowest BCUT2D eigenvalue weighted by atomic mass is 9.53. The van der Waals surface area contributed by atoms with E-state index in [0.29, 0.717) is 18.4 Å². The van der Waals surface area contributed by atoms with E-state index in [1.165, 1.54) is 6.07 Å². The molecule has 2 saturated carbocycles. The van der Waals surface area contributed by atoms with E-state index in [0.717, 1.165) is 12.0 Å². The Labute approximate surface area is 172 Å². The third-order valence-corrected chi connectivity index (χ3v) is 6.90. The normalized spacial score (nSPS) is 33.0. The number of amides is 1. The highest BCUT2D eigenvalue weighted by molar-refractivity contribution is 6.31. The fraction of sp³-hybridized carbons (Fsp3) is 0.500. The van der Waals surface area contributed by atoms with E-state index in [2.05, 4.69) is 0 Å². The largest absolute Gasteiger partial charge is 0.507 e. The molecule has 4 N–H and O–H groups in total. The second kappa shape index (κ2) is 6.84. The van der Waals surface area contributed by atoms with E-state index in [4.69, 9.17) is 5.73 Å². The zero-order valence-corrected chi connectivity index (χ0v) is 16.5. The van der Waals surface area contributed by atoms with Crippen LogP contribution >= 0.6 is 0 Å². The Bertz CT molecular complexity index is 1010. The average Bonchev–Trinajstić information content (AvgIpc) is 2.66. The van der Waals surface area contributed by atoms with Crippen molar-refractivity contribution in [3.05, 3.63) is 28.8 Å². The molecular weight excluding hydrogens is 390 g/mol. The van der Waals surface area contributed by atoms with Gasteiger partial charge in [0, 0.05) is 12.3 Å². The predicted octanol–water partition coefficient (Wildman–Crippen LogP) is 0.279. The number of aryl methyl sites for hydroxylation is 1. The van der Waals surface area contributed by atoms with Crippen molar-refractivity contribution in [1.82, 2.24) is 0 Å². The van der Waals surface area contributed by atoms with Crippen molar-refractivity contribution in [2.24, 2.45) is 29.4 Å². The van der Waals surface area contributed by atoms with Gasteiger partial charge in [-0.25, -0.2) is 0 Å². The molecule has 5 atom stereocenters. The standard InChI is InChI=1S/C22H23NO7/c1-2-3-9-4-5-13(24)16-12(9)7-10-6-11-8-14(25)17(21(23)29)20(28)22(11,30)19(27)15(10)18(16)26/h4-5,10-11,15,17,24,30H,2-3,6-8H2,1H3,(H2,23,29)/t10-,11+,15?,17?,22+/m1/s1.